The van der Waals surface area contributed by atoms with Crippen molar-refractivity contribution < 1.29 is 13.2 Å². The normalized spacial score (nSPS) is 10.9. The van der Waals surface area contributed by atoms with Crippen molar-refractivity contribution in [2.45, 2.75) is 13.8 Å². The molecule has 0 spiro atoms. The first-order valence-corrected chi connectivity index (χ1v) is 4.88. The lowest BCUT2D eigenvalue weighted by atomic mass is 10.2. The van der Waals surface area contributed by atoms with E-state index in [1.807, 2.05) is 0 Å². The molecule has 0 aliphatic carbocycles. The summed E-state index contributed by atoms with van der Waals surface area (Å²) in [6.45, 7) is 3.34. The molecule has 0 saturated heterocycles. The summed E-state index contributed by atoms with van der Waals surface area (Å²) in [6.07, 6.45) is 0. The summed E-state index contributed by atoms with van der Waals surface area (Å²) in [4.78, 5) is 0. The van der Waals surface area contributed by atoms with Gasteiger partial charge in [0.15, 0.2) is 17.5 Å². The Labute approximate surface area is 95.7 Å². The van der Waals surface area contributed by atoms with Crippen LogP contribution in [0.15, 0.2) is 12.1 Å². The lowest BCUT2D eigenvalue weighted by molar-refractivity contribution is 0.446. The standard InChI is InChI=1S/C11H10F3N3/c1-5-11(15)6(2)17(16-5)7-3-8(12)10(14)9(13)4-7/h3-4H,15H2,1-2H3. The lowest BCUT2D eigenvalue weighted by Crippen LogP contribution is -2.03. The van der Waals surface area contributed by atoms with Crippen LogP contribution in [0.5, 0.6) is 0 Å². The Balaban J connectivity index is 2.65. The molecule has 17 heavy (non-hydrogen) atoms. The predicted octanol–water partition coefficient (Wildman–Crippen LogP) is 2.49. The highest BCUT2D eigenvalue weighted by Crippen LogP contribution is 2.22. The average Bonchev–Trinajstić information content (AvgIpc) is 2.53. The minimum absolute atomic E-state index is 0.0960. The van der Waals surface area contributed by atoms with Gasteiger partial charge in [-0.2, -0.15) is 5.10 Å². The predicted molar refractivity (Wildman–Crippen MR) is 57.3 cm³/mol. The van der Waals surface area contributed by atoms with Crippen molar-refractivity contribution >= 4 is 5.69 Å². The van der Waals surface area contributed by atoms with Gasteiger partial charge in [0.05, 0.1) is 22.8 Å². The van der Waals surface area contributed by atoms with Gasteiger partial charge in [-0.15, -0.1) is 0 Å². The first kappa shape index (κ1) is 11.5. The second-order valence-electron chi connectivity index (χ2n) is 3.72. The molecule has 0 aliphatic heterocycles. The largest absolute Gasteiger partial charge is 0.396 e. The highest BCUT2D eigenvalue weighted by molar-refractivity contribution is 5.50. The maximum atomic E-state index is 13.1. The van der Waals surface area contributed by atoms with E-state index in [4.69, 9.17) is 5.73 Å². The van der Waals surface area contributed by atoms with E-state index >= 15 is 0 Å². The SMILES string of the molecule is Cc1nn(-c2cc(F)c(F)c(F)c2)c(C)c1N. The first-order valence-electron chi connectivity index (χ1n) is 4.88. The van der Waals surface area contributed by atoms with E-state index < -0.39 is 17.5 Å². The van der Waals surface area contributed by atoms with Gasteiger partial charge < -0.3 is 5.73 Å². The van der Waals surface area contributed by atoms with Gasteiger partial charge in [-0.3, -0.25) is 0 Å². The van der Waals surface area contributed by atoms with Gasteiger partial charge in [-0.05, 0) is 13.8 Å². The summed E-state index contributed by atoms with van der Waals surface area (Å²) in [5.41, 5.74) is 7.33. The second-order valence-corrected chi connectivity index (χ2v) is 3.72. The van der Waals surface area contributed by atoms with E-state index in [2.05, 4.69) is 5.10 Å². The lowest BCUT2D eigenvalue weighted by Gasteiger charge is -2.05. The number of anilines is 1. The van der Waals surface area contributed by atoms with Crippen LogP contribution in [0.4, 0.5) is 18.9 Å². The molecule has 6 heteroatoms. The summed E-state index contributed by atoms with van der Waals surface area (Å²) < 4.78 is 40.2. The van der Waals surface area contributed by atoms with Crippen molar-refractivity contribution in [1.29, 1.82) is 0 Å². The number of hydrogen-bond acceptors (Lipinski definition) is 2. The molecule has 0 radical (unpaired) electrons. The van der Waals surface area contributed by atoms with E-state index in [1.54, 1.807) is 13.8 Å². The Hall–Kier alpha value is -1.98. The van der Waals surface area contributed by atoms with Crippen LogP contribution < -0.4 is 5.73 Å². The van der Waals surface area contributed by atoms with Gasteiger partial charge in [0.25, 0.3) is 0 Å². The fourth-order valence-electron chi connectivity index (χ4n) is 1.57. The molecule has 2 rings (SSSR count). The highest BCUT2D eigenvalue weighted by Gasteiger charge is 2.15. The van der Waals surface area contributed by atoms with Gasteiger partial charge in [0.2, 0.25) is 0 Å². The third kappa shape index (κ3) is 1.75. The van der Waals surface area contributed by atoms with E-state index in [0.29, 0.717) is 17.1 Å². The summed E-state index contributed by atoms with van der Waals surface area (Å²) in [6, 6.07) is 1.74. The number of nitrogens with zero attached hydrogens (tertiary/aromatic N) is 2. The number of halogens is 3. The number of nitrogens with two attached hydrogens (primary N) is 1. The number of aryl methyl sites for hydroxylation is 1. The van der Waals surface area contributed by atoms with Gasteiger partial charge in [0.1, 0.15) is 0 Å². The monoisotopic (exact) mass is 241 g/mol. The topological polar surface area (TPSA) is 43.8 Å². The van der Waals surface area contributed by atoms with Crippen LogP contribution in [0.1, 0.15) is 11.4 Å². The van der Waals surface area contributed by atoms with Gasteiger partial charge in [-0.25, -0.2) is 17.9 Å². The molecule has 0 bridgehead atoms. The molecule has 3 nitrogen and oxygen atoms in total. The fraction of sp³-hybridized carbons (Fsp3) is 0.182. The molecule has 1 aromatic carbocycles. The molecule has 0 fully saturated rings. The van der Waals surface area contributed by atoms with E-state index in [1.165, 1.54) is 4.68 Å². The Morgan fingerprint density at radius 1 is 1.12 bits per heavy atom. The van der Waals surface area contributed by atoms with Gasteiger partial charge >= 0.3 is 0 Å². The van der Waals surface area contributed by atoms with Crippen LogP contribution in [0.25, 0.3) is 5.69 Å². The average molecular weight is 241 g/mol. The minimum atomic E-state index is -1.50. The number of nitrogen functional groups attached to an aromatic ring is 1. The zero-order chi connectivity index (χ0) is 12.7. The maximum absolute atomic E-state index is 13.1. The Morgan fingerprint density at radius 3 is 2.06 bits per heavy atom. The van der Waals surface area contributed by atoms with E-state index in [0.717, 1.165) is 12.1 Å². The van der Waals surface area contributed by atoms with Crippen LogP contribution in [-0.2, 0) is 0 Å². The van der Waals surface area contributed by atoms with Crippen molar-refractivity contribution in [2.24, 2.45) is 0 Å². The maximum Gasteiger partial charge on any atom is 0.194 e. The number of rotatable bonds is 1. The number of benzene rings is 1. The Kier molecular flexibility index (Phi) is 2.57. The summed E-state index contributed by atoms with van der Waals surface area (Å²) >= 11 is 0. The molecule has 2 aromatic rings. The fourth-order valence-corrected chi connectivity index (χ4v) is 1.57. The van der Waals surface area contributed by atoms with Crippen molar-refractivity contribution in [3.8, 4) is 5.69 Å². The van der Waals surface area contributed by atoms with E-state index in [9.17, 15) is 13.2 Å². The van der Waals surface area contributed by atoms with Crippen molar-refractivity contribution in [2.75, 3.05) is 5.73 Å². The third-order valence-electron chi connectivity index (χ3n) is 2.56. The van der Waals surface area contributed by atoms with Crippen LogP contribution in [0.3, 0.4) is 0 Å². The molecule has 1 heterocycles. The minimum Gasteiger partial charge on any atom is -0.396 e. The molecular weight excluding hydrogens is 231 g/mol. The Morgan fingerprint density at radius 2 is 1.65 bits per heavy atom. The molecule has 2 N–H and O–H groups in total. The zero-order valence-corrected chi connectivity index (χ0v) is 9.26. The molecule has 0 atom stereocenters. The first-order chi connectivity index (χ1) is 7.91. The van der Waals surface area contributed by atoms with Gasteiger partial charge in [0, 0.05) is 12.1 Å². The van der Waals surface area contributed by atoms with Crippen molar-refractivity contribution in [3.05, 3.63) is 41.0 Å². The molecule has 0 aliphatic rings. The summed E-state index contributed by atoms with van der Waals surface area (Å²) in [5.74, 6) is -4.01. The molecule has 0 saturated carbocycles. The van der Waals surface area contributed by atoms with Crippen LogP contribution in [0, 0.1) is 31.3 Å². The number of aromatic nitrogens is 2. The smallest absolute Gasteiger partial charge is 0.194 e. The number of hydrogen-bond donors (Lipinski definition) is 1. The molecule has 1 aromatic heterocycles. The van der Waals surface area contributed by atoms with Crippen molar-refractivity contribution in [3.63, 3.8) is 0 Å². The van der Waals surface area contributed by atoms with Gasteiger partial charge in [-0.1, -0.05) is 0 Å². The molecule has 0 amide bonds. The third-order valence-corrected chi connectivity index (χ3v) is 2.56. The molecule has 0 unspecified atom stereocenters. The highest BCUT2D eigenvalue weighted by atomic mass is 19.2. The summed E-state index contributed by atoms with van der Waals surface area (Å²) in [7, 11) is 0. The molecular formula is C11H10F3N3. The Bertz CT molecular complexity index is 567. The van der Waals surface area contributed by atoms with Crippen molar-refractivity contribution in [1.82, 2.24) is 9.78 Å². The van der Waals surface area contributed by atoms with Crippen LogP contribution in [0.2, 0.25) is 0 Å². The second kappa shape index (κ2) is 3.80. The summed E-state index contributed by atoms with van der Waals surface area (Å²) in [5, 5.41) is 4.03. The van der Waals surface area contributed by atoms with Crippen LogP contribution >= 0.6 is 0 Å². The quantitative estimate of drug-likeness (QED) is 0.779. The molecule has 90 valence electrons. The van der Waals surface area contributed by atoms with Crippen LogP contribution in [-0.4, -0.2) is 9.78 Å². The van der Waals surface area contributed by atoms with E-state index in [-0.39, 0.29) is 5.69 Å². The zero-order valence-electron chi connectivity index (χ0n) is 9.26.